The molecule has 0 aromatic heterocycles. The van der Waals surface area contributed by atoms with Crippen LogP contribution in [-0.2, 0) is 6.42 Å². The zero-order valence-electron chi connectivity index (χ0n) is 14.0. The number of methoxy groups -OCH3 is 1. The van der Waals surface area contributed by atoms with Crippen molar-refractivity contribution in [1.29, 1.82) is 0 Å². The second kappa shape index (κ2) is 7.64. The highest BCUT2D eigenvalue weighted by Crippen LogP contribution is 2.34. The summed E-state index contributed by atoms with van der Waals surface area (Å²) in [5, 5.41) is 10.3. The quantitative estimate of drug-likeness (QED) is 0.741. The lowest BCUT2D eigenvalue weighted by molar-refractivity contribution is 0.0951. The maximum absolute atomic E-state index is 10.3. The predicted molar refractivity (Wildman–Crippen MR) is 92.2 cm³/mol. The lowest BCUT2D eigenvalue weighted by Gasteiger charge is -2.22. The van der Waals surface area contributed by atoms with Crippen LogP contribution in [0.15, 0.2) is 48.1 Å². The van der Waals surface area contributed by atoms with Crippen LogP contribution in [0.3, 0.4) is 0 Å². The van der Waals surface area contributed by atoms with E-state index in [-0.39, 0.29) is 0 Å². The fourth-order valence-corrected chi connectivity index (χ4v) is 3.03. The Morgan fingerprint density at radius 1 is 1.41 bits per heavy atom. The standard InChI is InChI=1S/C20H28O2/c1-16(14-18-11-7-13-20(18,2)21)8-4-5-9-17-10-6-12-19(15-17)22-3/h4,6,8,10-12,15-16,21H,5,7,9,13-14H2,1-3H3. The molecule has 0 spiro atoms. The Kier molecular flexibility index (Phi) is 5.84. The molecule has 0 bridgehead atoms. The number of aryl methyl sites for hydroxylation is 1. The number of allylic oxidation sites excluding steroid dienone is 3. The molecule has 2 nitrogen and oxygen atoms in total. The zero-order valence-corrected chi connectivity index (χ0v) is 14.0. The zero-order chi connectivity index (χ0) is 16.0. The first-order valence-corrected chi connectivity index (χ1v) is 8.23. The monoisotopic (exact) mass is 300 g/mol. The second-order valence-electron chi connectivity index (χ2n) is 6.54. The van der Waals surface area contributed by atoms with Crippen molar-refractivity contribution in [2.45, 2.75) is 51.6 Å². The molecule has 0 saturated heterocycles. The highest BCUT2D eigenvalue weighted by molar-refractivity contribution is 5.28. The molecule has 120 valence electrons. The maximum atomic E-state index is 10.3. The van der Waals surface area contributed by atoms with E-state index in [1.165, 1.54) is 11.1 Å². The van der Waals surface area contributed by atoms with E-state index in [1.807, 2.05) is 19.1 Å². The Bertz CT molecular complexity index is 540. The first kappa shape index (κ1) is 16.8. The molecule has 0 amide bonds. The average Bonchev–Trinajstić information content (AvgIpc) is 2.83. The molecule has 0 saturated carbocycles. The Labute approximate surface area is 134 Å². The smallest absolute Gasteiger partial charge is 0.119 e. The predicted octanol–water partition coefficient (Wildman–Crippen LogP) is 4.68. The molecule has 2 heteroatoms. The van der Waals surface area contributed by atoms with Crippen molar-refractivity contribution in [2.75, 3.05) is 7.11 Å². The van der Waals surface area contributed by atoms with Gasteiger partial charge >= 0.3 is 0 Å². The van der Waals surface area contributed by atoms with Gasteiger partial charge in [0.25, 0.3) is 0 Å². The van der Waals surface area contributed by atoms with Crippen LogP contribution in [0.1, 0.15) is 45.1 Å². The van der Waals surface area contributed by atoms with Crippen molar-refractivity contribution in [3.63, 3.8) is 0 Å². The molecular formula is C20H28O2. The van der Waals surface area contributed by atoms with E-state index < -0.39 is 5.60 Å². The minimum absolute atomic E-state index is 0.473. The van der Waals surface area contributed by atoms with E-state index in [2.05, 4.69) is 37.3 Å². The Hall–Kier alpha value is -1.54. The molecule has 0 radical (unpaired) electrons. The SMILES string of the molecule is COc1cccc(CCC=CC(C)CC2=CCCC2(C)O)c1. The van der Waals surface area contributed by atoms with E-state index >= 15 is 0 Å². The van der Waals surface area contributed by atoms with Gasteiger partial charge < -0.3 is 9.84 Å². The summed E-state index contributed by atoms with van der Waals surface area (Å²) in [6, 6.07) is 8.25. The first-order valence-electron chi connectivity index (χ1n) is 8.23. The van der Waals surface area contributed by atoms with Crippen molar-refractivity contribution in [2.24, 2.45) is 5.92 Å². The van der Waals surface area contributed by atoms with Crippen LogP contribution >= 0.6 is 0 Å². The minimum atomic E-state index is -0.581. The molecule has 2 rings (SSSR count). The molecule has 0 aliphatic heterocycles. The third kappa shape index (κ3) is 4.74. The van der Waals surface area contributed by atoms with Crippen molar-refractivity contribution in [3.05, 3.63) is 53.6 Å². The fraction of sp³-hybridized carbons (Fsp3) is 0.500. The Morgan fingerprint density at radius 2 is 2.23 bits per heavy atom. The third-order valence-electron chi connectivity index (χ3n) is 4.45. The molecule has 1 aromatic rings. The molecule has 0 fully saturated rings. The van der Waals surface area contributed by atoms with Crippen LogP contribution in [0.25, 0.3) is 0 Å². The minimum Gasteiger partial charge on any atom is -0.497 e. The van der Waals surface area contributed by atoms with Crippen LogP contribution in [-0.4, -0.2) is 17.8 Å². The van der Waals surface area contributed by atoms with E-state index in [0.717, 1.165) is 37.9 Å². The van der Waals surface area contributed by atoms with Gasteiger partial charge in [0, 0.05) is 0 Å². The molecule has 0 heterocycles. The van der Waals surface area contributed by atoms with E-state index in [9.17, 15) is 5.11 Å². The highest BCUT2D eigenvalue weighted by atomic mass is 16.5. The van der Waals surface area contributed by atoms with Gasteiger partial charge in [-0.25, -0.2) is 0 Å². The topological polar surface area (TPSA) is 29.5 Å². The summed E-state index contributed by atoms with van der Waals surface area (Å²) in [5.74, 6) is 1.39. The number of aliphatic hydroxyl groups is 1. The molecule has 2 atom stereocenters. The first-order chi connectivity index (χ1) is 10.5. The number of hydrogen-bond donors (Lipinski definition) is 1. The molecule has 1 N–H and O–H groups in total. The van der Waals surface area contributed by atoms with E-state index in [0.29, 0.717) is 5.92 Å². The Morgan fingerprint density at radius 3 is 2.91 bits per heavy atom. The molecule has 1 aliphatic carbocycles. The number of benzene rings is 1. The summed E-state index contributed by atoms with van der Waals surface area (Å²) in [4.78, 5) is 0. The maximum Gasteiger partial charge on any atom is 0.119 e. The van der Waals surface area contributed by atoms with Gasteiger partial charge in [0.05, 0.1) is 12.7 Å². The number of ether oxygens (including phenoxy) is 1. The lowest BCUT2D eigenvalue weighted by atomic mass is 9.90. The molecule has 1 aliphatic rings. The van der Waals surface area contributed by atoms with Crippen LogP contribution in [0.4, 0.5) is 0 Å². The van der Waals surface area contributed by atoms with Gasteiger partial charge in [0.15, 0.2) is 0 Å². The van der Waals surface area contributed by atoms with Crippen LogP contribution < -0.4 is 4.74 Å². The van der Waals surface area contributed by atoms with Gasteiger partial charge in [-0.2, -0.15) is 0 Å². The average molecular weight is 300 g/mol. The summed E-state index contributed by atoms with van der Waals surface area (Å²) in [6.45, 7) is 4.16. The third-order valence-corrected chi connectivity index (χ3v) is 4.45. The molecule has 2 unspecified atom stereocenters. The van der Waals surface area contributed by atoms with Crippen LogP contribution in [0, 0.1) is 5.92 Å². The molecule has 1 aromatic carbocycles. The van der Waals surface area contributed by atoms with Gasteiger partial charge in [0.1, 0.15) is 5.75 Å². The van der Waals surface area contributed by atoms with Crippen LogP contribution in [0.5, 0.6) is 5.75 Å². The highest BCUT2D eigenvalue weighted by Gasteiger charge is 2.29. The van der Waals surface area contributed by atoms with Crippen molar-refractivity contribution in [3.8, 4) is 5.75 Å². The Balaban J connectivity index is 1.77. The summed E-state index contributed by atoms with van der Waals surface area (Å²) in [6.07, 6.45) is 11.6. The molecular weight excluding hydrogens is 272 g/mol. The van der Waals surface area contributed by atoms with Crippen LogP contribution in [0.2, 0.25) is 0 Å². The fourth-order valence-electron chi connectivity index (χ4n) is 3.03. The summed E-state index contributed by atoms with van der Waals surface area (Å²) in [7, 11) is 1.70. The number of hydrogen-bond acceptors (Lipinski definition) is 2. The van der Waals surface area contributed by atoms with Gasteiger partial charge in [-0.05, 0) is 68.2 Å². The van der Waals surface area contributed by atoms with Crippen molar-refractivity contribution < 1.29 is 9.84 Å². The lowest BCUT2D eigenvalue weighted by Crippen LogP contribution is -2.23. The molecule has 22 heavy (non-hydrogen) atoms. The largest absolute Gasteiger partial charge is 0.497 e. The van der Waals surface area contributed by atoms with Crippen molar-refractivity contribution >= 4 is 0 Å². The number of rotatable bonds is 7. The second-order valence-corrected chi connectivity index (χ2v) is 6.54. The summed E-state index contributed by atoms with van der Waals surface area (Å²) in [5.41, 5.74) is 1.93. The van der Waals surface area contributed by atoms with Gasteiger partial charge in [-0.15, -0.1) is 0 Å². The van der Waals surface area contributed by atoms with Gasteiger partial charge in [-0.1, -0.05) is 37.3 Å². The van der Waals surface area contributed by atoms with Crippen molar-refractivity contribution in [1.82, 2.24) is 0 Å². The van der Waals surface area contributed by atoms with Gasteiger partial charge in [-0.3, -0.25) is 0 Å². The van der Waals surface area contributed by atoms with Gasteiger partial charge in [0.2, 0.25) is 0 Å². The summed E-state index contributed by atoms with van der Waals surface area (Å²) < 4.78 is 5.25. The van der Waals surface area contributed by atoms with E-state index in [1.54, 1.807) is 7.11 Å². The summed E-state index contributed by atoms with van der Waals surface area (Å²) >= 11 is 0. The van der Waals surface area contributed by atoms with E-state index in [4.69, 9.17) is 4.74 Å². The normalized spacial score (nSPS) is 22.8.